The van der Waals surface area contributed by atoms with E-state index in [1.807, 2.05) is 36.4 Å². The minimum absolute atomic E-state index is 0.451. The number of rotatable bonds is 5. The molecule has 0 aliphatic carbocycles. The first-order valence-electron chi connectivity index (χ1n) is 6.13. The lowest BCUT2D eigenvalue weighted by Gasteiger charge is -2.02. The van der Waals surface area contributed by atoms with Crippen LogP contribution in [0.1, 0.15) is 11.1 Å². The van der Waals surface area contributed by atoms with Crippen LogP contribution in [0.15, 0.2) is 58.8 Å². The van der Waals surface area contributed by atoms with Crippen molar-refractivity contribution in [3.05, 3.63) is 64.9 Å². The average molecular weight is 288 g/mol. The molecule has 2 aromatic rings. The van der Waals surface area contributed by atoms with Gasteiger partial charge in [-0.2, -0.15) is 0 Å². The van der Waals surface area contributed by atoms with Gasteiger partial charge in [0, 0.05) is 12.6 Å². The third kappa shape index (κ3) is 4.48. The first-order valence-corrected chi connectivity index (χ1v) is 6.51. The number of pyridine rings is 1. The molecule has 0 fully saturated rings. The van der Waals surface area contributed by atoms with Gasteiger partial charge >= 0.3 is 0 Å². The quantitative estimate of drug-likeness (QED) is 0.397. The highest BCUT2D eigenvalue weighted by Gasteiger charge is 2.01. The zero-order valence-electron chi connectivity index (χ0n) is 10.8. The lowest BCUT2D eigenvalue weighted by Crippen LogP contribution is -2.06. The Morgan fingerprint density at radius 2 is 1.95 bits per heavy atom. The Morgan fingerprint density at radius 3 is 2.60 bits per heavy atom. The summed E-state index contributed by atoms with van der Waals surface area (Å²) in [5.41, 5.74) is 2.74. The van der Waals surface area contributed by atoms with Crippen LogP contribution in [0.5, 0.6) is 0 Å². The van der Waals surface area contributed by atoms with Crippen molar-refractivity contribution in [2.75, 3.05) is 0 Å². The predicted molar refractivity (Wildman–Crippen MR) is 80.8 cm³/mol. The zero-order valence-corrected chi connectivity index (χ0v) is 11.5. The molecule has 5 heteroatoms. The molecule has 0 unspecified atom stereocenters. The lowest BCUT2D eigenvalue weighted by molar-refractivity contribution is 0.322. The van der Waals surface area contributed by atoms with Crippen molar-refractivity contribution < 1.29 is 5.21 Å². The summed E-state index contributed by atoms with van der Waals surface area (Å²) in [7, 11) is 0. The van der Waals surface area contributed by atoms with Crippen molar-refractivity contribution in [1.29, 1.82) is 0 Å². The van der Waals surface area contributed by atoms with Gasteiger partial charge in [0.25, 0.3) is 0 Å². The zero-order chi connectivity index (χ0) is 14.2. The summed E-state index contributed by atoms with van der Waals surface area (Å²) in [4.78, 5) is 8.46. The molecule has 1 N–H and O–H groups in total. The predicted octanol–water partition coefficient (Wildman–Crippen LogP) is 3.38. The second-order valence-corrected chi connectivity index (χ2v) is 4.59. The molecule has 0 aliphatic heterocycles. The topological polar surface area (TPSA) is 57.8 Å². The Balaban J connectivity index is 2.08. The number of halogens is 1. The number of aliphatic imine (C=N–C) groups is 1. The third-order valence-electron chi connectivity index (χ3n) is 2.69. The molecule has 1 aromatic carbocycles. The molecule has 0 bridgehead atoms. The Labute approximate surface area is 122 Å². The van der Waals surface area contributed by atoms with Gasteiger partial charge in [-0.05, 0) is 17.2 Å². The average Bonchev–Trinajstić information content (AvgIpc) is 2.48. The molecule has 0 atom stereocenters. The van der Waals surface area contributed by atoms with E-state index in [2.05, 4.69) is 15.1 Å². The Kier molecular flexibility index (Phi) is 5.26. The minimum Gasteiger partial charge on any atom is -0.411 e. The first kappa shape index (κ1) is 14.2. The van der Waals surface area contributed by atoms with Crippen molar-refractivity contribution in [3.63, 3.8) is 0 Å². The molecule has 0 saturated heterocycles. The van der Waals surface area contributed by atoms with Gasteiger partial charge in [-0.1, -0.05) is 53.2 Å². The molecular formula is C15H14ClN3O. The fraction of sp³-hybridized carbons (Fsp3) is 0.133. The van der Waals surface area contributed by atoms with Crippen LogP contribution >= 0.6 is 11.6 Å². The fourth-order valence-corrected chi connectivity index (χ4v) is 1.82. The Morgan fingerprint density at radius 1 is 1.15 bits per heavy atom. The summed E-state index contributed by atoms with van der Waals surface area (Å²) in [6, 6.07) is 13.5. The van der Waals surface area contributed by atoms with Gasteiger partial charge in [0.05, 0.1) is 18.5 Å². The summed E-state index contributed by atoms with van der Waals surface area (Å²) in [5.74, 6) is 0. The molecule has 0 aliphatic rings. The highest BCUT2D eigenvalue weighted by atomic mass is 35.5. The van der Waals surface area contributed by atoms with Crippen molar-refractivity contribution >= 4 is 23.5 Å². The fourth-order valence-electron chi connectivity index (χ4n) is 1.71. The van der Waals surface area contributed by atoms with E-state index in [0.717, 1.165) is 11.1 Å². The minimum atomic E-state index is 0.451. The second kappa shape index (κ2) is 7.40. The summed E-state index contributed by atoms with van der Waals surface area (Å²) in [6.07, 6.45) is 3.57. The molecule has 0 amide bonds. The van der Waals surface area contributed by atoms with E-state index in [1.165, 1.54) is 6.21 Å². The maximum atomic E-state index is 8.71. The number of hydrogen-bond donors (Lipinski definition) is 1. The van der Waals surface area contributed by atoms with Crippen LogP contribution in [0, 0.1) is 0 Å². The molecule has 1 heterocycles. The Bertz CT molecular complexity index is 594. The van der Waals surface area contributed by atoms with Crippen LogP contribution in [-0.2, 0) is 13.0 Å². The van der Waals surface area contributed by atoms with Crippen molar-refractivity contribution in [1.82, 2.24) is 4.98 Å². The molecule has 0 saturated carbocycles. The number of benzene rings is 1. The van der Waals surface area contributed by atoms with Crippen LogP contribution in [-0.4, -0.2) is 22.1 Å². The number of nitrogens with zero attached hydrogens (tertiary/aromatic N) is 3. The maximum absolute atomic E-state index is 8.71. The van der Waals surface area contributed by atoms with Crippen LogP contribution in [0.3, 0.4) is 0 Å². The molecule has 20 heavy (non-hydrogen) atoms. The summed E-state index contributed by atoms with van der Waals surface area (Å²) < 4.78 is 0. The van der Waals surface area contributed by atoms with Crippen LogP contribution in [0.2, 0.25) is 5.15 Å². The third-order valence-corrected chi connectivity index (χ3v) is 2.91. The molecule has 4 nitrogen and oxygen atoms in total. The summed E-state index contributed by atoms with van der Waals surface area (Å²) in [5, 5.41) is 12.2. The highest BCUT2D eigenvalue weighted by Crippen LogP contribution is 2.07. The number of hydrogen-bond acceptors (Lipinski definition) is 4. The van der Waals surface area contributed by atoms with E-state index in [9.17, 15) is 0 Å². The molecular weight excluding hydrogens is 274 g/mol. The van der Waals surface area contributed by atoms with E-state index in [0.29, 0.717) is 23.8 Å². The number of aromatic nitrogens is 1. The first-order chi connectivity index (χ1) is 9.78. The van der Waals surface area contributed by atoms with Crippen molar-refractivity contribution in [2.24, 2.45) is 10.1 Å². The summed E-state index contributed by atoms with van der Waals surface area (Å²) in [6.45, 7) is 0.545. The van der Waals surface area contributed by atoms with Gasteiger partial charge in [-0.15, -0.1) is 0 Å². The van der Waals surface area contributed by atoms with Crippen LogP contribution in [0.4, 0.5) is 0 Å². The van der Waals surface area contributed by atoms with Gasteiger partial charge < -0.3 is 5.21 Å². The highest BCUT2D eigenvalue weighted by molar-refractivity contribution is 6.31. The molecule has 0 radical (unpaired) electrons. The van der Waals surface area contributed by atoms with Gasteiger partial charge in [0.15, 0.2) is 0 Å². The van der Waals surface area contributed by atoms with E-state index in [-0.39, 0.29) is 0 Å². The number of oxime groups is 1. The van der Waals surface area contributed by atoms with Gasteiger partial charge in [-0.25, -0.2) is 4.98 Å². The Hall–Kier alpha value is -2.20. The van der Waals surface area contributed by atoms with Crippen molar-refractivity contribution in [3.8, 4) is 0 Å². The molecule has 1 aromatic heterocycles. The van der Waals surface area contributed by atoms with Crippen LogP contribution < -0.4 is 0 Å². The largest absolute Gasteiger partial charge is 0.411 e. The van der Waals surface area contributed by atoms with E-state index in [1.54, 1.807) is 12.3 Å². The molecule has 2 rings (SSSR count). The van der Waals surface area contributed by atoms with E-state index < -0.39 is 0 Å². The monoisotopic (exact) mass is 287 g/mol. The normalized spacial score (nSPS) is 11.9. The smallest absolute Gasteiger partial charge is 0.129 e. The maximum Gasteiger partial charge on any atom is 0.129 e. The summed E-state index contributed by atoms with van der Waals surface area (Å²) >= 11 is 5.74. The SMILES string of the molecule is ON=CC(Cc1ccc(Cl)nc1)=NCc1ccccc1. The van der Waals surface area contributed by atoms with Gasteiger partial charge in [0.2, 0.25) is 0 Å². The lowest BCUT2D eigenvalue weighted by atomic mass is 10.1. The molecule has 102 valence electrons. The van der Waals surface area contributed by atoms with Gasteiger partial charge in [-0.3, -0.25) is 4.99 Å². The van der Waals surface area contributed by atoms with Gasteiger partial charge in [0.1, 0.15) is 5.15 Å². The van der Waals surface area contributed by atoms with Crippen molar-refractivity contribution in [2.45, 2.75) is 13.0 Å². The van der Waals surface area contributed by atoms with E-state index >= 15 is 0 Å². The second-order valence-electron chi connectivity index (χ2n) is 4.20. The standard InChI is InChI=1S/C15H14ClN3O/c16-15-7-6-13(10-18-15)8-14(11-19-20)17-9-12-4-2-1-3-5-12/h1-7,10-11,20H,8-9H2. The van der Waals surface area contributed by atoms with E-state index in [4.69, 9.17) is 16.8 Å². The van der Waals surface area contributed by atoms with Crippen LogP contribution in [0.25, 0.3) is 0 Å². The molecule has 0 spiro atoms.